The number of rotatable bonds is 5. The molecule has 0 aromatic heterocycles. The summed E-state index contributed by atoms with van der Waals surface area (Å²) < 4.78 is 98.9. The number of aryl methyl sites for hydroxylation is 1. The topological polar surface area (TPSA) is 61.9 Å². The summed E-state index contributed by atoms with van der Waals surface area (Å²) in [5.41, 5.74) is -1.88. The summed E-state index contributed by atoms with van der Waals surface area (Å²) in [6.45, 7) is 0.860. The van der Waals surface area contributed by atoms with Gasteiger partial charge >= 0.3 is 24.5 Å². The Hall–Kier alpha value is -4.29. The number of alkyl halides is 6. The van der Waals surface area contributed by atoms with E-state index in [-0.39, 0.29) is 37.9 Å². The van der Waals surface area contributed by atoms with E-state index < -0.39 is 59.6 Å². The summed E-state index contributed by atoms with van der Waals surface area (Å²) in [5, 5.41) is 2.39. The van der Waals surface area contributed by atoms with Gasteiger partial charge in [-0.05, 0) is 53.4 Å². The zero-order valence-corrected chi connectivity index (χ0v) is 22.2. The fraction of sp³-hybridized carbons (Fsp3) is 0.310. The monoisotopic (exact) mass is 597 g/mol. The van der Waals surface area contributed by atoms with Gasteiger partial charge < -0.3 is 19.9 Å². The van der Waals surface area contributed by atoms with Gasteiger partial charge in [0.2, 0.25) is 0 Å². The molecule has 1 fully saturated rings. The van der Waals surface area contributed by atoms with Crippen LogP contribution in [-0.2, 0) is 30.2 Å². The molecule has 0 aliphatic carbocycles. The molecule has 3 amide bonds. The van der Waals surface area contributed by atoms with Crippen LogP contribution >= 0.6 is 0 Å². The summed E-state index contributed by atoms with van der Waals surface area (Å²) in [5.74, 6) is -0.491. The van der Waals surface area contributed by atoms with E-state index in [1.165, 1.54) is 34.9 Å². The van der Waals surface area contributed by atoms with Crippen molar-refractivity contribution in [1.29, 1.82) is 0 Å². The Morgan fingerprint density at radius 3 is 2.12 bits per heavy atom. The van der Waals surface area contributed by atoms with Crippen LogP contribution in [0, 0.1) is 12.7 Å². The molecule has 6 nitrogen and oxygen atoms in total. The fourth-order valence-corrected chi connectivity index (χ4v) is 4.56. The number of hydrogen-bond acceptors (Lipinski definition) is 3. The number of nitrogens with one attached hydrogen (secondary N) is 1. The number of halogens is 7. The van der Waals surface area contributed by atoms with Gasteiger partial charge in [-0.2, -0.15) is 26.3 Å². The number of carbonyl (C=O) groups excluding carboxylic acids is 2. The largest absolute Gasteiger partial charge is 0.445 e. The first-order valence-corrected chi connectivity index (χ1v) is 12.8. The van der Waals surface area contributed by atoms with E-state index in [0.29, 0.717) is 17.7 Å². The van der Waals surface area contributed by atoms with Crippen molar-refractivity contribution in [1.82, 2.24) is 15.1 Å². The number of ether oxygens (including phenoxy) is 1. The lowest BCUT2D eigenvalue weighted by Gasteiger charge is -2.41. The Labute approximate surface area is 236 Å². The average molecular weight is 598 g/mol. The van der Waals surface area contributed by atoms with E-state index in [2.05, 4.69) is 5.32 Å². The maximum atomic E-state index is 14.0. The summed E-state index contributed by atoms with van der Waals surface area (Å²) >= 11 is 0. The maximum absolute atomic E-state index is 14.0. The predicted octanol–water partition coefficient (Wildman–Crippen LogP) is 7.08. The lowest BCUT2D eigenvalue weighted by Crippen LogP contribution is -2.54. The molecule has 1 unspecified atom stereocenters. The molecule has 42 heavy (non-hydrogen) atoms. The molecule has 1 N–H and O–H groups in total. The summed E-state index contributed by atoms with van der Waals surface area (Å²) in [6.07, 6.45) is -10.7. The van der Waals surface area contributed by atoms with Crippen molar-refractivity contribution in [2.45, 2.75) is 38.5 Å². The highest BCUT2D eigenvalue weighted by Crippen LogP contribution is 2.36. The van der Waals surface area contributed by atoms with Crippen molar-refractivity contribution in [2.24, 2.45) is 0 Å². The fourth-order valence-electron chi connectivity index (χ4n) is 4.56. The first-order chi connectivity index (χ1) is 19.7. The molecule has 3 aromatic carbocycles. The van der Waals surface area contributed by atoms with Gasteiger partial charge in [-0.1, -0.05) is 42.5 Å². The van der Waals surface area contributed by atoms with Crippen molar-refractivity contribution in [3.05, 3.63) is 106 Å². The van der Waals surface area contributed by atoms with Crippen molar-refractivity contribution in [3.8, 4) is 0 Å². The van der Waals surface area contributed by atoms with Crippen LogP contribution in [0.25, 0.3) is 0 Å². The van der Waals surface area contributed by atoms with Crippen LogP contribution in [0.5, 0.6) is 0 Å². The van der Waals surface area contributed by atoms with Crippen molar-refractivity contribution < 1.29 is 45.1 Å². The van der Waals surface area contributed by atoms with Crippen LogP contribution in [-0.4, -0.2) is 41.6 Å². The summed E-state index contributed by atoms with van der Waals surface area (Å²) in [4.78, 5) is 28.7. The Bertz CT molecular complexity index is 1400. The quantitative estimate of drug-likeness (QED) is 0.320. The zero-order chi connectivity index (χ0) is 30.7. The normalized spacial score (nSPS) is 15.9. The van der Waals surface area contributed by atoms with Gasteiger partial charge in [0.15, 0.2) is 0 Å². The third kappa shape index (κ3) is 7.51. The van der Waals surface area contributed by atoms with Crippen molar-refractivity contribution >= 4 is 12.1 Å². The van der Waals surface area contributed by atoms with Crippen molar-refractivity contribution in [2.75, 3.05) is 19.6 Å². The van der Waals surface area contributed by atoms with E-state index in [1.54, 1.807) is 24.3 Å². The molecule has 0 bridgehead atoms. The second-order valence-electron chi connectivity index (χ2n) is 9.78. The number of amides is 3. The first-order valence-electron chi connectivity index (χ1n) is 12.8. The van der Waals surface area contributed by atoms with E-state index in [4.69, 9.17) is 4.74 Å². The minimum absolute atomic E-state index is 0.00825. The van der Waals surface area contributed by atoms with Crippen LogP contribution in [0.3, 0.4) is 0 Å². The molecule has 0 spiro atoms. The number of benzene rings is 3. The van der Waals surface area contributed by atoms with Crippen LogP contribution in [0.4, 0.5) is 40.3 Å². The Balaban J connectivity index is 1.52. The summed E-state index contributed by atoms with van der Waals surface area (Å²) in [6, 6.07) is 12.6. The standard InChI is InChI=1S/C29H26F7N3O3/c1-18-11-21(7-8-24(18)30)25-16-38(27(41)42-17-19-5-3-2-4-6-19)9-10-39(25)26(40)37-15-20-12-22(28(31,32)33)14-23(13-20)29(34,35)36/h2-8,11-14,25H,9-10,15-17H2,1H3,(H,37,40). The lowest BCUT2D eigenvalue weighted by molar-refractivity contribution is -0.143. The Kier molecular flexibility index (Phi) is 8.97. The molecular weight excluding hydrogens is 571 g/mol. The maximum Gasteiger partial charge on any atom is 0.416 e. The summed E-state index contributed by atoms with van der Waals surface area (Å²) in [7, 11) is 0. The molecule has 0 saturated carbocycles. The molecule has 1 heterocycles. The highest BCUT2D eigenvalue weighted by atomic mass is 19.4. The molecule has 1 aliphatic rings. The van der Waals surface area contributed by atoms with Crippen LogP contribution < -0.4 is 5.32 Å². The second-order valence-corrected chi connectivity index (χ2v) is 9.78. The van der Waals surface area contributed by atoms with E-state index >= 15 is 0 Å². The van der Waals surface area contributed by atoms with Crippen molar-refractivity contribution in [3.63, 3.8) is 0 Å². The molecule has 3 aromatic rings. The molecular formula is C29H26F7N3O3. The van der Waals surface area contributed by atoms with Gasteiger partial charge in [-0.15, -0.1) is 0 Å². The number of urea groups is 1. The number of hydrogen-bond donors (Lipinski definition) is 1. The SMILES string of the molecule is Cc1cc(C2CN(C(=O)OCc3ccccc3)CCN2C(=O)NCc2cc(C(F)(F)F)cc(C(F)(F)F)c2)ccc1F. The molecule has 224 valence electrons. The average Bonchev–Trinajstić information content (AvgIpc) is 2.95. The van der Waals surface area contributed by atoms with E-state index in [1.807, 2.05) is 6.07 Å². The van der Waals surface area contributed by atoms with Gasteiger partial charge in [0.05, 0.1) is 17.2 Å². The van der Waals surface area contributed by atoms with Crippen LogP contribution in [0.1, 0.15) is 39.4 Å². The van der Waals surface area contributed by atoms with E-state index in [9.17, 15) is 40.3 Å². The van der Waals surface area contributed by atoms with E-state index in [0.717, 1.165) is 5.56 Å². The predicted molar refractivity (Wildman–Crippen MR) is 137 cm³/mol. The molecule has 4 rings (SSSR count). The van der Waals surface area contributed by atoms with Gasteiger partial charge in [-0.3, -0.25) is 0 Å². The van der Waals surface area contributed by atoms with Gasteiger partial charge in [0.25, 0.3) is 0 Å². The number of piperazine rings is 1. The Morgan fingerprint density at radius 1 is 0.881 bits per heavy atom. The lowest BCUT2D eigenvalue weighted by atomic mass is 10.0. The van der Waals surface area contributed by atoms with Crippen LogP contribution in [0.15, 0.2) is 66.7 Å². The highest BCUT2D eigenvalue weighted by Gasteiger charge is 2.38. The molecule has 13 heteroatoms. The van der Waals surface area contributed by atoms with Gasteiger partial charge in [0.1, 0.15) is 12.4 Å². The number of nitrogens with zero attached hydrogens (tertiary/aromatic N) is 2. The molecule has 0 radical (unpaired) electrons. The Morgan fingerprint density at radius 2 is 1.52 bits per heavy atom. The first kappa shape index (κ1) is 30.7. The van der Waals surface area contributed by atoms with Crippen LogP contribution in [0.2, 0.25) is 0 Å². The number of carbonyl (C=O) groups is 2. The minimum atomic E-state index is -5.03. The van der Waals surface area contributed by atoms with Gasteiger partial charge in [-0.25, -0.2) is 14.0 Å². The zero-order valence-electron chi connectivity index (χ0n) is 22.2. The third-order valence-corrected chi connectivity index (χ3v) is 6.76. The smallest absolute Gasteiger partial charge is 0.416 e. The highest BCUT2D eigenvalue weighted by molar-refractivity contribution is 5.76. The molecule has 1 aliphatic heterocycles. The van der Waals surface area contributed by atoms with Gasteiger partial charge in [0, 0.05) is 26.2 Å². The molecule has 1 atom stereocenters. The second kappa shape index (κ2) is 12.3. The minimum Gasteiger partial charge on any atom is -0.445 e. The molecule has 1 saturated heterocycles. The third-order valence-electron chi connectivity index (χ3n) is 6.76.